The predicted octanol–water partition coefficient (Wildman–Crippen LogP) is 6.01. The molecule has 9 rings (SSSR count). The summed E-state index contributed by atoms with van der Waals surface area (Å²) in [6, 6.07) is 19.1. The number of piperidine rings is 3. The molecule has 3 aromatic heterocycles. The van der Waals surface area contributed by atoms with Gasteiger partial charge in [-0.3, -0.25) is 29.4 Å². The number of nitriles is 1. The molecule has 15 nitrogen and oxygen atoms in total. The fourth-order valence-corrected chi connectivity index (χ4v) is 10.0. The van der Waals surface area contributed by atoms with Crippen molar-refractivity contribution < 1.29 is 23.6 Å². The first-order valence-electron chi connectivity index (χ1n) is 23.2. The van der Waals surface area contributed by atoms with Crippen molar-refractivity contribution in [3.8, 4) is 28.6 Å². The Balaban J connectivity index is 0.789. The van der Waals surface area contributed by atoms with Crippen LogP contribution in [-0.4, -0.2) is 111 Å². The van der Waals surface area contributed by atoms with E-state index in [9.17, 15) is 24.4 Å². The zero-order valence-corrected chi connectivity index (χ0v) is 37.7. The van der Waals surface area contributed by atoms with Gasteiger partial charge in [-0.05, 0) is 93.7 Å². The predicted molar refractivity (Wildman–Crippen MR) is 248 cm³/mol. The van der Waals surface area contributed by atoms with Gasteiger partial charge in [-0.25, -0.2) is 18.9 Å². The van der Waals surface area contributed by atoms with E-state index < -0.39 is 11.9 Å². The molecule has 7 heterocycles. The summed E-state index contributed by atoms with van der Waals surface area (Å²) in [7, 11) is 0. The Morgan fingerprint density at radius 2 is 1.70 bits per heavy atom. The maximum atomic E-state index is 15.2. The third kappa shape index (κ3) is 9.09. The second-order valence-electron chi connectivity index (χ2n) is 18.6. The number of pyridine rings is 1. The summed E-state index contributed by atoms with van der Waals surface area (Å²) in [6.45, 7) is 10.4. The van der Waals surface area contributed by atoms with E-state index in [-0.39, 0.29) is 47.3 Å². The molecule has 1 unspecified atom stereocenters. The molecule has 0 spiro atoms. The molecule has 0 bridgehead atoms. The lowest BCUT2D eigenvalue weighted by atomic mass is 9.75. The highest BCUT2D eigenvalue weighted by atomic mass is 19.1. The zero-order valence-electron chi connectivity index (χ0n) is 37.7. The number of nitrogens with zero attached hydrogens (tertiary/aromatic N) is 8. The number of nitrogens with one attached hydrogen (secondary N) is 3. The van der Waals surface area contributed by atoms with E-state index in [1.54, 1.807) is 29.0 Å². The molecule has 4 aliphatic heterocycles. The minimum absolute atomic E-state index is 0.0157. The van der Waals surface area contributed by atoms with Gasteiger partial charge < -0.3 is 20.4 Å². The standard InChI is InChI=1S/C50H56FN11O4/c1-4-50(49(66)55-31(2)3)17-21-60(22-18-50)43-13-9-35(25-53-43)46-47-36(24-52)26-54-62(47)29-42(57-46)34-7-5-32(6-8-34)33-15-19-61(20-16-33)45(64)30-59-27-37(28-59)39-11-10-38(23-40(39)51)56-41-12-14-44(63)58-48(41)65/h5-11,13,23,25-26,29,31,33,37,41,56H,4,12,14-22,27-28,30H2,1-3H3,(H,55,66)(H,58,63,65). The summed E-state index contributed by atoms with van der Waals surface area (Å²) in [5.74, 6) is 0.303. The van der Waals surface area contributed by atoms with Crippen LogP contribution in [0.3, 0.4) is 0 Å². The number of carbonyl (C=O) groups is 4. The third-order valence-corrected chi connectivity index (χ3v) is 14.1. The van der Waals surface area contributed by atoms with Gasteiger partial charge in [0.15, 0.2) is 0 Å². The van der Waals surface area contributed by atoms with Crippen molar-refractivity contribution >= 4 is 40.7 Å². The molecule has 0 aliphatic carbocycles. The van der Waals surface area contributed by atoms with Gasteiger partial charge in [0.1, 0.15) is 34.8 Å². The Bertz CT molecular complexity index is 2670. The van der Waals surface area contributed by atoms with Crippen LogP contribution in [0.15, 0.2) is 73.2 Å². The highest BCUT2D eigenvalue weighted by Gasteiger charge is 2.40. The smallest absolute Gasteiger partial charge is 0.249 e. The van der Waals surface area contributed by atoms with E-state index >= 15 is 4.39 Å². The molecule has 16 heteroatoms. The minimum Gasteiger partial charge on any atom is -0.374 e. The Kier molecular flexibility index (Phi) is 12.6. The lowest BCUT2D eigenvalue weighted by Crippen LogP contribution is -2.51. The highest BCUT2D eigenvalue weighted by Crippen LogP contribution is 2.38. The summed E-state index contributed by atoms with van der Waals surface area (Å²) < 4.78 is 16.9. The van der Waals surface area contributed by atoms with Crippen LogP contribution in [0.2, 0.25) is 0 Å². The van der Waals surface area contributed by atoms with Crippen LogP contribution < -0.4 is 20.9 Å². The van der Waals surface area contributed by atoms with Crippen molar-refractivity contribution in [3.05, 3.63) is 95.7 Å². The summed E-state index contributed by atoms with van der Waals surface area (Å²) in [5, 5.41) is 23.0. The fourth-order valence-electron chi connectivity index (χ4n) is 10.0. The van der Waals surface area contributed by atoms with E-state index in [1.165, 1.54) is 11.6 Å². The molecule has 0 radical (unpaired) electrons. The van der Waals surface area contributed by atoms with Gasteiger partial charge >= 0.3 is 0 Å². The van der Waals surface area contributed by atoms with Crippen molar-refractivity contribution in [2.75, 3.05) is 56.0 Å². The van der Waals surface area contributed by atoms with Crippen LogP contribution in [-0.2, 0) is 19.2 Å². The Morgan fingerprint density at radius 3 is 2.35 bits per heavy atom. The van der Waals surface area contributed by atoms with Crippen molar-refractivity contribution in [1.29, 1.82) is 5.26 Å². The van der Waals surface area contributed by atoms with E-state index in [0.29, 0.717) is 78.8 Å². The second kappa shape index (κ2) is 18.6. The Labute approximate surface area is 383 Å². The second-order valence-corrected chi connectivity index (χ2v) is 18.6. The van der Waals surface area contributed by atoms with Crippen molar-refractivity contribution in [2.24, 2.45) is 5.41 Å². The number of likely N-dealkylation sites (tertiary alicyclic amines) is 2. The summed E-state index contributed by atoms with van der Waals surface area (Å²) >= 11 is 0. The molecule has 4 aliphatic rings. The lowest BCUT2D eigenvalue weighted by Gasteiger charge is -2.41. The number of amides is 4. The number of hydrogen-bond donors (Lipinski definition) is 3. The van der Waals surface area contributed by atoms with Gasteiger partial charge in [0.25, 0.3) is 0 Å². The van der Waals surface area contributed by atoms with E-state index in [4.69, 9.17) is 9.97 Å². The van der Waals surface area contributed by atoms with Crippen LogP contribution in [0.4, 0.5) is 15.9 Å². The molecule has 342 valence electrons. The highest BCUT2D eigenvalue weighted by molar-refractivity contribution is 6.01. The van der Waals surface area contributed by atoms with E-state index in [1.807, 2.05) is 37.1 Å². The normalized spacial score (nSPS) is 19.4. The monoisotopic (exact) mass is 893 g/mol. The van der Waals surface area contributed by atoms with Crippen molar-refractivity contribution in [2.45, 2.75) is 89.6 Å². The summed E-state index contributed by atoms with van der Waals surface area (Å²) in [5.41, 5.74) is 5.98. The number of aromatic nitrogens is 4. The van der Waals surface area contributed by atoms with E-state index in [2.05, 4.69) is 68.1 Å². The van der Waals surface area contributed by atoms with Crippen LogP contribution in [0, 0.1) is 22.6 Å². The fraction of sp³-hybridized carbons (Fsp3) is 0.440. The zero-order chi connectivity index (χ0) is 46.1. The van der Waals surface area contributed by atoms with Gasteiger partial charge in [0, 0.05) is 80.7 Å². The van der Waals surface area contributed by atoms with Gasteiger partial charge in [-0.2, -0.15) is 10.4 Å². The largest absolute Gasteiger partial charge is 0.374 e. The SMILES string of the molecule is CCC1(C(=O)NC(C)C)CCN(c2ccc(-c3nc(-c4ccc(C5CCN(C(=O)CN6CC(c7ccc(NC8CCC(=O)NC8=O)cc7F)C6)CC5)cc4)cn4ncc(C#N)c34)cn2)CC1. The number of imide groups is 1. The van der Waals surface area contributed by atoms with Crippen LogP contribution >= 0.6 is 0 Å². The van der Waals surface area contributed by atoms with Crippen LogP contribution in [0.5, 0.6) is 0 Å². The molecular weight excluding hydrogens is 838 g/mol. The summed E-state index contributed by atoms with van der Waals surface area (Å²) in [6.07, 6.45) is 9.84. The molecule has 5 aromatic rings. The third-order valence-electron chi connectivity index (χ3n) is 14.1. The maximum Gasteiger partial charge on any atom is 0.249 e. The first-order chi connectivity index (χ1) is 31.9. The molecule has 4 fully saturated rings. The first kappa shape index (κ1) is 44.5. The molecule has 3 N–H and O–H groups in total. The van der Waals surface area contributed by atoms with Crippen LogP contribution in [0.25, 0.3) is 28.0 Å². The van der Waals surface area contributed by atoms with Crippen molar-refractivity contribution in [1.82, 2.24) is 40.0 Å². The molecule has 0 saturated carbocycles. The number of anilines is 2. The average molecular weight is 894 g/mol. The number of hydrogen-bond acceptors (Lipinski definition) is 11. The van der Waals surface area contributed by atoms with Gasteiger partial charge in [0.2, 0.25) is 23.6 Å². The van der Waals surface area contributed by atoms with Crippen molar-refractivity contribution in [3.63, 3.8) is 0 Å². The lowest BCUT2D eigenvalue weighted by molar-refractivity contribution is -0.135. The Hall–Kier alpha value is -6.73. The molecule has 1 atom stereocenters. The maximum absolute atomic E-state index is 15.2. The average Bonchev–Trinajstić information content (AvgIpc) is 3.74. The molecular formula is C50H56FN11O4. The number of rotatable bonds is 12. The molecule has 66 heavy (non-hydrogen) atoms. The first-order valence-corrected chi connectivity index (χ1v) is 23.2. The number of halogens is 1. The van der Waals surface area contributed by atoms with Gasteiger partial charge in [-0.1, -0.05) is 37.3 Å². The molecule has 4 saturated heterocycles. The Morgan fingerprint density at radius 1 is 0.955 bits per heavy atom. The van der Waals surface area contributed by atoms with E-state index in [0.717, 1.165) is 62.1 Å². The molecule has 4 amide bonds. The van der Waals surface area contributed by atoms with Crippen LogP contribution in [0.1, 0.15) is 94.2 Å². The molecule has 2 aromatic carbocycles. The minimum atomic E-state index is -0.580. The quantitative estimate of drug-likeness (QED) is 0.125. The number of fused-ring (bicyclic) bond motifs is 1. The summed E-state index contributed by atoms with van der Waals surface area (Å²) in [4.78, 5) is 66.2. The van der Waals surface area contributed by atoms with Gasteiger partial charge in [-0.15, -0.1) is 0 Å². The topological polar surface area (TPSA) is 181 Å². The number of carbonyl (C=O) groups excluding carboxylic acids is 4. The van der Waals surface area contributed by atoms with Gasteiger partial charge in [0.05, 0.1) is 35.7 Å². The number of benzene rings is 2.